The highest BCUT2D eigenvalue weighted by molar-refractivity contribution is 6.74. The summed E-state index contributed by atoms with van der Waals surface area (Å²) >= 11 is 0. The van der Waals surface area contributed by atoms with Gasteiger partial charge in [-0.2, -0.15) is 0 Å². The Kier molecular flexibility index (Phi) is 6.54. The molecule has 7 atom stereocenters. The zero-order chi connectivity index (χ0) is 23.5. The van der Waals surface area contributed by atoms with Crippen molar-refractivity contribution in [3.63, 3.8) is 0 Å². The molecule has 4 nitrogen and oxygen atoms in total. The minimum absolute atomic E-state index is 0.0525. The minimum Gasteiger partial charge on any atom is -0.416 e. The zero-order valence-corrected chi connectivity index (χ0v) is 22.5. The first-order valence-corrected chi connectivity index (χ1v) is 15.1. The molecule has 0 aromatic heterocycles. The van der Waals surface area contributed by atoms with Crippen LogP contribution in [0.25, 0.3) is 0 Å². The van der Waals surface area contributed by atoms with Gasteiger partial charge in [-0.3, -0.25) is 4.79 Å². The molecule has 0 radical (unpaired) electrons. The molecule has 1 saturated heterocycles. The molecular formula is C26H46O4Si. The lowest BCUT2D eigenvalue weighted by atomic mass is 9.47. The van der Waals surface area contributed by atoms with Gasteiger partial charge in [0.2, 0.25) is 0 Å². The maximum atomic E-state index is 13.5. The molecule has 178 valence electrons. The molecule has 2 saturated carbocycles. The Balaban J connectivity index is 1.91. The van der Waals surface area contributed by atoms with Gasteiger partial charge in [-0.05, 0) is 55.7 Å². The van der Waals surface area contributed by atoms with Crippen molar-refractivity contribution in [2.24, 2.45) is 28.1 Å². The molecular weight excluding hydrogens is 404 g/mol. The predicted molar refractivity (Wildman–Crippen MR) is 128 cm³/mol. The van der Waals surface area contributed by atoms with Gasteiger partial charge in [0.05, 0.1) is 11.5 Å². The van der Waals surface area contributed by atoms with E-state index in [4.69, 9.17) is 13.9 Å². The summed E-state index contributed by atoms with van der Waals surface area (Å²) in [6.45, 7) is 23.1. The van der Waals surface area contributed by atoms with Gasteiger partial charge in [0.25, 0.3) is 0 Å². The van der Waals surface area contributed by atoms with E-state index in [9.17, 15) is 4.79 Å². The van der Waals surface area contributed by atoms with Crippen LogP contribution in [0, 0.1) is 28.1 Å². The van der Waals surface area contributed by atoms with Crippen LogP contribution >= 0.6 is 0 Å². The monoisotopic (exact) mass is 450 g/mol. The quantitative estimate of drug-likeness (QED) is 0.334. The summed E-state index contributed by atoms with van der Waals surface area (Å²) in [6, 6.07) is 0. The second-order valence-corrected chi connectivity index (χ2v) is 17.4. The molecule has 3 aliphatic rings. The third-order valence-electron chi connectivity index (χ3n) is 9.94. The van der Waals surface area contributed by atoms with E-state index in [-0.39, 0.29) is 22.0 Å². The maximum Gasteiger partial charge on any atom is 0.192 e. The molecule has 0 bridgehead atoms. The number of carbonyl (C=O) groups excluding carboxylic acids is 1. The molecule has 31 heavy (non-hydrogen) atoms. The average Bonchev–Trinajstić information content (AvgIpc) is 3.16. The molecule has 1 spiro atoms. The van der Waals surface area contributed by atoms with Crippen LogP contribution in [0.1, 0.15) is 73.6 Å². The summed E-state index contributed by atoms with van der Waals surface area (Å²) in [6.07, 6.45) is 6.24. The fourth-order valence-electron chi connectivity index (χ4n) is 6.49. The number of ketones is 1. The summed E-state index contributed by atoms with van der Waals surface area (Å²) in [5.41, 5.74) is -0.959. The summed E-state index contributed by atoms with van der Waals surface area (Å²) in [5, 5.41) is 0.164. The van der Waals surface area contributed by atoms with Crippen molar-refractivity contribution in [3.05, 3.63) is 12.7 Å². The summed E-state index contributed by atoms with van der Waals surface area (Å²) in [5.74, 6) is 1.14. The molecule has 3 fully saturated rings. The van der Waals surface area contributed by atoms with Crippen molar-refractivity contribution in [2.75, 3.05) is 13.7 Å². The number of methoxy groups -OCH3 is 1. The highest BCUT2D eigenvalue weighted by Crippen LogP contribution is 2.70. The molecule has 0 aromatic carbocycles. The first kappa shape index (κ1) is 25.1. The fraction of sp³-hybridized carbons (Fsp3) is 0.885. The molecule has 0 unspecified atom stereocenters. The SMILES string of the molecule is C=C[C@@](C)(CO[Si](C)(C)C(C)(C)C)C[C@H]1O[C@@H](OC)[C@]23C(=O)CC[C@@H]2CC[C@@H](C)[C@@]13C. The summed E-state index contributed by atoms with van der Waals surface area (Å²) in [7, 11) is -0.169. The zero-order valence-electron chi connectivity index (χ0n) is 21.5. The van der Waals surface area contributed by atoms with Gasteiger partial charge in [0.1, 0.15) is 5.78 Å². The molecule has 2 aliphatic carbocycles. The Morgan fingerprint density at radius 1 is 1.23 bits per heavy atom. The largest absolute Gasteiger partial charge is 0.416 e. The van der Waals surface area contributed by atoms with E-state index in [0.717, 1.165) is 25.7 Å². The average molecular weight is 451 g/mol. The van der Waals surface area contributed by atoms with E-state index < -0.39 is 20.0 Å². The lowest BCUT2D eigenvalue weighted by Crippen LogP contribution is -2.58. The first-order chi connectivity index (χ1) is 14.2. The van der Waals surface area contributed by atoms with Crippen LogP contribution in [0.3, 0.4) is 0 Å². The van der Waals surface area contributed by atoms with E-state index in [1.54, 1.807) is 7.11 Å². The van der Waals surface area contributed by atoms with Gasteiger partial charge in [-0.1, -0.05) is 47.6 Å². The molecule has 0 amide bonds. The molecule has 5 heteroatoms. The van der Waals surface area contributed by atoms with Crippen molar-refractivity contribution in [1.29, 1.82) is 0 Å². The Labute approximate surface area is 191 Å². The summed E-state index contributed by atoms with van der Waals surface area (Å²) < 4.78 is 19.2. The van der Waals surface area contributed by atoms with Crippen LogP contribution in [0.4, 0.5) is 0 Å². The van der Waals surface area contributed by atoms with E-state index in [0.29, 0.717) is 30.6 Å². The maximum absolute atomic E-state index is 13.5. The van der Waals surface area contributed by atoms with Crippen molar-refractivity contribution in [1.82, 2.24) is 0 Å². The second kappa shape index (κ2) is 8.07. The summed E-state index contributed by atoms with van der Waals surface area (Å²) in [4.78, 5) is 13.5. The third-order valence-corrected chi connectivity index (χ3v) is 14.4. The Hall–Kier alpha value is -0.493. The Morgan fingerprint density at radius 3 is 2.42 bits per heavy atom. The number of hydrogen-bond donors (Lipinski definition) is 0. The first-order valence-electron chi connectivity index (χ1n) is 12.2. The van der Waals surface area contributed by atoms with Crippen LogP contribution in [0.15, 0.2) is 12.7 Å². The number of carbonyl (C=O) groups is 1. The Bertz CT molecular complexity index is 713. The topological polar surface area (TPSA) is 44.8 Å². The predicted octanol–water partition coefficient (Wildman–Crippen LogP) is 6.36. The van der Waals surface area contributed by atoms with Crippen molar-refractivity contribution in [2.45, 2.75) is 104 Å². The smallest absolute Gasteiger partial charge is 0.192 e. The van der Waals surface area contributed by atoms with E-state index >= 15 is 0 Å². The number of rotatable bonds is 7. The van der Waals surface area contributed by atoms with Crippen molar-refractivity contribution in [3.8, 4) is 0 Å². The van der Waals surface area contributed by atoms with Gasteiger partial charge < -0.3 is 13.9 Å². The van der Waals surface area contributed by atoms with Crippen molar-refractivity contribution >= 4 is 14.1 Å². The Morgan fingerprint density at radius 2 is 1.87 bits per heavy atom. The van der Waals surface area contributed by atoms with Gasteiger partial charge in [0.15, 0.2) is 14.6 Å². The van der Waals surface area contributed by atoms with Gasteiger partial charge in [-0.15, -0.1) is 6.58 Å². The van der Waals surface area contributed by atoms with Crippen LogP contribution < -0.4 is 0 Å². The minimum atomic E-state index is -1.87. The third kappa shape index (κ3) is 3.62. The fourth-order valence-corrected chi connectivity index (χ4v) is 7.61. The van der Waals surface area contributed by atoms with Crippen LogP contribution in [0.5, 0.6) is 0 Å². The molecule has 1 heterocycles. The number of Topliss-reactive ketones (excluding diaryl/α,β-unsaturated/α-hetero) is 1. The van der Waals surface area contributed by atoms with Crippen LogP contribution in [-0.2, 0) is 18.7 Å². The standard InChI is InChI=1S/C26H46O4Si/c1-11-24(6,17-29-31(9,10)23(3,4)5)16-21-25(7)18(2)12-13-19-14-15-20(27)26(19,25)22(28-8)30-21/h11,18-19,21-22H,1,12-17H2,2-10H3/t18-,19+,21-,22-,24-,25+,26-/m1/s1. The van der Waals surface area contributed by atoms with E-state index in [2.05, 4.69) is 61.2 Å². The van der Waals surface area contributed by atoms with E-state index in [1.165, 1.54) is 0 Å². The lowest BCUT2D eigenvalue weighted by molar-refractivity contribution is -0.183. The number of hydrogen-bond acceptors (Lipinski definition) is 4. The van der Waals surface area contributed by atoms with Gasteiger partial charge >= 0.3 is 0 Å². The molecule has 3 rings (SSSR count). The molecule has 0 N–H and O–H groups in total. The van der Waals surface area contributed by atoms with E-state index in [1.807, 2.05) is 6.08 Å². The molecule has 1 aliphatic heterocycles. The highest BCUT2D eigenvalue weighted by atomic mass is 28.4. The molecule has 0 aromatic rings. The number of ether oxygens (including phenoxy) is 2. The highest BCUT2D eigenvalue weighted by Gasteiger charge is 2.75. The van der Waals surface area contributed by atoms with Crippen LogP contribution in [-0.4, -0.2) is 40.2 Å². The van der Waals surface area contributed by atoms with Gasteiger partial charge in [-0.25, -0.2) is 0 Å². The van der Waals surface area contributed by atoms with Crippen LogP contribution in [0.2, 0.25) is 18.1 Å². The lowest BCUT2D eigenvalue weighted by Gasteiger charge is -2.54. The second-order valence-electron chi connectivity index (χ2n) is 12.6. The van der Waals surface area contributed by atoms with Crippen molar-refractivity contribution < 1.29 is 18.7 Å². The van der Waals surface area contributed by atoms with Gasteiger partial charge in [0, 0.05) is 31.0 Å². The normalized spacial score (nSPS) is 40.4.